The lowest BCUT2D eigenvalue weighted by atomic mass is 9.74. The number of amides is 1. The Labute approximate surface area is 127 Å². The smallest absolute Gasteiger partial charge is 0.325 e. The number of rotatable bonds is 6. The van der Waals surface area contributed by atoms with Crippen LogP contribution in [0.15, 0.2) is 0 Å². The van der Waals surface area contributed by atoms with E-state index in [1.165, 1.54) is 0 Å². The molecule has 0 aromatic heterocycles. The summed E-state index contributed by atoms with van der Waals surface area (Å²) in [4.78, 5) is 26.5. The lowest BCUT2D eigenvalue weighted by Gasteiger charge is -2.39. The molecule has 0 aromatic rings. The average Bonchev–Trinajstić information content (AvgIpc) is 3.30. The lowest BCUT2D eigenvalue weighted by Crippen LogP contribution is -2.51. The molecule has 0 bridgehead atoms. The molecule has 1 amide bonds. The van der Waals surface area contributed by atoms with Gasteiger partial charge in [-0.1, -0.05) is 13.8 Å². The fraction of sp³-hybridized carbons (Fsp3) is 0.875. The third-order valence-corrected chi connectivity index (χ3v) is 4.72. The number of ether oxygens (including phenoxy) is 1. The van der Waals surface area contributed by atoms with E-state index in [1.807, 2.05) is 13.8 Å². The third-order valence-electron chi connectivity index (χ3n) is 4.72. The second-order valence-electron chi connectivity index (χ2n) is 6.73. The number of carbonyl (C=O) groups excluding carboxylic acids is 2. The van der Waals surface area contributed by atoms with Crippen LogP contribution in [0, 0.1) is 11.3 Å². The van der Waals surface area contributed by atoms with Gasteiger partial charge in [-0.2, -0.15) is 0 Å². The Kier molecular flexibility index (Phi) is 5.25. The van der Waals surface area contributed by atoms with Crippen molar-refractivity contribution in [1.29, 1.82) is 0 Å². The minimum Gasteiger partial charge on any atom is -0.465 e. The molecule has 1 atom stereocenters. The maximum absolute atomic E-state index is 13.0. The molecule has 1 heterocycles. The topological polar surface area (TPSA) is 58.6 Å². The number of nitrogens with zero attached hydrogens (tertiary/aromatic N) is 1. The van der Waals surface area contributed by atoms with Gasteiger partial charge in [0.05, 0.1) is 6.61 Å². The van der Waals surface area contributed by atoms with Crippen molar-refractivity contribution in [2.45, 2.75) is 52.5 Å². The Hall–Kier alpha value is -1.10. The van der Waals surface area contributed by atoms with Gasteiger partial charge in [0, 0.05) is 11.5 Å². The quantitative estimate of drug-likeness (QED) is 0.756. The average molecular weight is 296 g/mol. The van der Waals surface area contributed by atoms with Gasteiger partial charge in [-0.3, -0.25) is 9.59 Å². The second kappa shape index (κ2) is 6.77. The van der Waals surface area contributed by atoms with E-state index in [2.05, 4.69) is 5.32 Å². The lowest BCUT2D eigenvalue weighted by molar-refractivity contribution is -0.154. The predicted octanol–water partition coefficient (Wildman–Crippen LogP) is 1.57. The minimum atomic E-state index is -0.428. The zero-order chi connectivity index (χ0) is 15.5. The molecule has 2 fully saturated rings. The Morgan fingerprint density at radius 2 is 2.00 bits per heavy atom. The summed E-state index contributed by atoms with van der Waals surface area (Å²) in [5, 5.41) is 3.38. The Balaban J connectivity index is 2.04. The second-order valence-corrected chi connectivity index (χ2v) is 6.73. The standard InChI is InChI=1S/C16H28N2O3/c1-4-21-14(19)11-18(13-7-8-13)15(20)16(2,3)12-6-5-9-17-10-12/h12-13,17H,4-11H2,1-3H3. The molecule has 0 spiro atoms. The van der Waals surface area contributed by atoms with Gasteiger partial charge < -0.3 is 15.0 Å². The van der Waals surface area contributed by atoms with Crippen LogP contribution in [0.4, 0.5) is 0 Å². The number of carbonyl (C=O) groups is 2. The molecule has 5 nitrogen and oxygen atoms in total. The van der Waals surface area contributed by atoms with E-state index in [0.717, 1.165) is 38.8 Å². The maximum atomic E-state index is 13.0. The van der Waals surface area contributed by atoms with Gasteiger partial charge in [0.2, 0.25) is 5.91 Å². The van der Waals surface area contributed by atoms with Crippen LogP contribution in [0.1, 0.15) is 46.5 Å². The van der Waals surface area contributed by atoms with Gasteiger partial charge in [-0.15, -0.1) is 0 Å². The summed E-state index contributed by atoms with van der Waals surface area (Å²) in [5.41, 5.74) is -0.428. The van der Waals surface area contributed by atoms with Crippen LogP contribution >= 0.6 is 0 Å². The van der Waals surface area contributed by atoms with Crippen LogP contribution in [0.2, 0.25) is 0 Å². The highest BCUT2D eigenvalue weighted by atomic mass is 16.5. The van der Waals surface area contributed by atoms with Gasteiger partial charge in [0.25, 0.3) is 0 Å². The van der Waals surface area contributed by atoms with Gasteiger partial charge in [0.1, 0.15) is 6.54 Å². The molecular formula is C16H28N2O3. The highest BCUT2D eigenvalue weighted by Gasteiger charge is 2.44. The third kappa shape index (κ3) is 3.96. The van der Waals surface area contributed by atoms with E-state index in [4.69, 9.17) is 4.74 Å². The number of esters is 1. The maximum Gasteiger partial charge on any atom is 0.325 e. The van der Waals surface area contributed by atoms with Crippen LogP contribution in [-0.2, 0) is 14.3 Å². The molecular weight excluding hydrogens is 268 g/mol. The van der Waals surface area contributed by atoms with Crippen molar-refractivity contribution in [3.63, 3.8) is 0 Å². The summed E-state index contributed by atoms with van der Waals surface area (Å²) in [5.74, 6) is 0.143. The van der Waals surface area contributed by atoms with E-state index in [1.54, 1.807) is 11.8 Å². The van der Waals surface area contributed by atoms with Gasteiger partial charge in [-0.25, -0.2) is 0 Å². The highest BCUT2D eigenvalue weighted by Crippen LogP contribution is 2.37. The van der Waals surface area contributed by atoms with Crippen molar-refractivity contribution in [2.75, 3.05) is 26.2 Å². The highest BCUT2D eigenvalue weighted by molar-refractivity contribution is 5.86. The molecule has 0 radical (unpaired) electrons. The molecule has 1 aliphatic carbocycles. The first-order valence-electron chi connectivity index (χ1n) is 8.14. The van der Waals surface area contributed by atoms with Gasteiger partial charge in [-0.05, 0) is 51.6 Å². The van der Waals surface area contributed by atoms with Gasteiger partial charge >= 0.3 is 5.97 Å². The van der Waals surface area contributed by atoms with Crippen LogP contribution in [0.5, 0.6) is 0 Å². The Morgan fingerprint density at radius 1 is 1.29 bits per heavy atom. The Morgan fingerprint density at radius 3 is 2.52 bits per heavy atom. The van der Waals surface area contributed by atoms with Gasteiger partial charge in [0.15, 0.2) is 0 Å². The molecule has 2 rings (SSSR count). The van der Waals surface area contributed by atoms with Crippen LogP contribution < -0.4 is 5.32 Å². The molecule has 1 saturated heterocycles. The SMILES string of the molecule is CCOC(=O)CN(C(=O)C(C)(C)C1CCCNC1)C1CC1. The molecule has 120 valence electrons. The Bertz CT molecular complexity index is 385. The number of nitrogens with one attached hydrogen (secondary N) is 1. The van der Waals surface area contributed by atoms with Crippen molar-refractivity contribution in [1.82, 2.24) is 10.2 Å². The largest absolute Gasteiger partial charge is 0.465 e. The molecule has 1 unspecified atom stereocenters. The van der Waals surface area contributed by atoms with Crippen molar-refractivity contribution in [3.05, 3.63) is 0 Å². The number of piperidine rings is 1. The summed E-state index contributed by atoms with van der Waals surface area (Å²) in [7, 11) is 0. The number of hydrogen-bond donors (Lipinski definition) is 1. The molecule has 0 aromatic carbocycles. The van der Waals surface area contributed by atoms with Crippen molar-refractivity contribution in [2.24, 2.45) is 11.3 Å². The molecule has 1 aliphatic heterocycles. The minimum absolute atomic E-state index is 0.0981. The van der Waals surface area contributed by atoms with Crippen molar-refractivity contribution in [3.8, 4) is 0 Å². The molecule has 5 heteroatoms. The van der Waals surface area contributed by atoms with Crippen LogP contribution in [0.25, 0.3) is 0 Å². The zero-order valence-corrected chi connectivity index (χ0v) is 13.5. The van der Waals surface area contributed by atoms with E-state index in [9.17, 15) is 9.59 Å². The monoisotopic (exact) mass is 296 g/mol. The van der Waals surface area contributed by atoms with Crippen LogP contribution in [-0.4, -0.2) is 49.1 Å². The van der Waals surface area contributed by atoms with E-state index < -0.39 is 5.41 Å². The summed E-state index contributed by atoms with van der Waals surface area (Å²) < 4.78 is 5.01. The van der Waals surface area contributed by atoms with E-state index in [0.29, 0.717) is 12.5 Å². The van der Waals surface area contributed by atoms with Crippen molar-refractivity contribution >= 4 is 11.9 Å². The molecule has 21 heavy (non-hydrogen) atoms. The molecule has 1 N–H and O–H groups in total. The summed E-state index contributed by atoms with van der Waals surface area (Å²) in [6, 6.07) is 0.234. The normalized spacial score (nSPS) is 22.7. The molecule has 1 saturated carbocycles. The first kappa shape index (κ1) is 16.3. The first-order valence-corrected chi connectivity index (χ1v) is 8.14. The number of hydrogen-bond acceptors (Lipinski definition) is 4. The van der Waals surface area contributed by atoms with Crippen molar-refractivity contribution < 1.29 is 14.3 Å². The summed E-state index contributed by atoms with van der Waals surface area (Å²) in [6.07, 6.45) is 4.20. The predicted molar refractivity (Wildman–Crippen MR) is 80.7 cm³/mol. The van der Waals surface area contributed by atoms with E-state index in [-0.39, 0.29) is 24.5 Å². The molecule has 2 aliphatic rings. The van der Waals surface area contributed by atoms with E-state index >= 15 is 0 Å². The summed E-state index contributed by atoms with van der Waals surface area (Å²) in [6.45, 7) is 8.22. The van der Waals surface area contributed by atoms with Crippen LogP contribution in [0.3, 0.4) is 0 Å². The zero-order valence-electron chi connectivity index (χ0n) is 13.5. The fourth-order valence-corrected chi connectivity index (χ4v) is 3.11. The fourth-order valence-electron chi connectivity index (χ4n) is 3.11. The first-order chi connectivity index (χ1) is 9.96. The summed E-state index contributed by atoms with van der Waals surface area (Å²) >= 11 is 0.